The molecule has 82 valence electrons. The van der Waals surface area contributed by atoms with E-state index in [1.54, 1.807) is 0 Å². The molecule has 1 N–H and O–H groups in total. The monoisotopic (exact) mass is 252 g/mol. The molecule has 0 atom stereocenters. The molecule has 0 aliphatic rings. The van der Waals surface area contributed by atoms with Gasteiger partial charge in [-0.3, -0.25) is 4.18 Å². The third kappa shape index (κ3) is 3.42. The van der Waals surface area contributed by atoms with Crippen molar-refractivity contribution in [2.45, 2.75) is 6.61 Å². The van der Waals surface area contributed by atoms with Crippen molar-refractivity contribution in [2.24, 2.45) is 0 Å². The lowest BCUT2D eigenvalue weighted by atomic mass is 10.4. The number of carboxylic acids is 1. The van der Waals surface area contributed by atoms with Gasteiger partial charge in [0, 0.05) is 0 Å². The lowest BCUT2D eigenvalue weighted by molar-refractivity contribution is 0.0690. The average molecular weight is 253 g/mol. The van der Waals surface area contributed by atoms with Crippen molar-refractivity contribution >= 4 is 28.6 Å². The van der Waals surface area contributed by atoms with Crippen LogP contribution in [-0.2, 0) is 21.8 Å². The summed E-state index contributed by atoms with van der Waals surface area (Å²) in [7, 11) is -3.02. The van der Waals surface area contributed by atoms with Gasteiger partial charge in [0.1, 0.15) is 6.61 Å². The molecular weight excluding hydrogens is 248 g/mol. The van der Waals surface area contributed by atoms with Crippen LogP contribution < -0.4 is 0 Å². The van der Waals surface area contributed by atoms with Gasteiger partial charge in [0.05, 0.1) is 11.2 Å². The zero-order valence-electron chi connectivity index (χ0n) is 7.08. The zero-order chi connectivity index (χ0) is 11.4. The third-order valence-electron chi connectivity index (χ3n) is 1.30. The summed E-state index contributed by atoms with van der Waals surface area (Å²) in [6.07, 6.45) is 1.06. The Morgan fingerprint density at radius 2 is 2.27 bits per heavy atom. The Kier molecular flexibility index (Phi) is 3.95. The fourth-order valence-electron chi connectivity index (χ4n) is 0.734. The van der Waals surface area contributed by atoms with Crippen molar-refractivity contribution in [1.29, 1.82) is 0 Å². The molecule has 1 rings (SSSR count). The summed E-state index contributed by atoms with van der Waals surface area (Å²) in [5.74, 6) is -1.40. The number of halogens is 1. The van der Waals surface area contributed by atoms with Crippen molar-refractivity contribution < 1.29 is 22.5 Å². The van der Waals surface area contributed by atoms with Crippen molar-refractivity contribution in [3.63, 3.8) is 0 Å². The number of thiol groups is 1. The summed E-state index contributed by atoms with van der Waals surface area (Å²) in [6.45, 7) is -0.420. The molecule has 0 fully saturated rings. The molecule has 0 aliphatic heterocycles. The first-order valence-corrected chi connectivity index (χ1v) is 5.00. The Labute approximate surface area is 90.8 Å². The fraction of sp³-hybridized carbons (Fsp3) is 0.167. The van der Waals surface area contributed by atoms with Crippen LogP contribution in [-0.4, -0.2) is 29.5 Å². The second kappa shape index (κ2) is 5.01. The molecule has 0 saturated carbocycles. The second-order valence-corrected chi connectivity index (χ2v) is 3.40. The molecular formula is C6H5ClN2O5S. The van der Waals surface area contributed by atoms with Crippen LogP contribution in [0, 0.1) is 0 Å². The minimum atomic E-state index is -3.02. The van der Waals surface area contributed by atoms with Gasteiger partial charge in [-0.1, -0.05) is 11.6 Å². The number of rotatable bonds is 4. The largest absolute Gasteiger partial charge is 0.476 e. The van der Waals surface area contributed by atoms with E-state index in [4.69, 9.17) is 16.7 Å². The Morgan fingerprint density at radius 1 is 1.60 bits per heavy atom. The average Bonchev–Trinajstić information content (AvgIpc) is 2.16. The van der Waals surface area contributed by atoms with Crippen molar-refractivity contribution in [1.82, 2.24) is 9.97 Å². The number of nitrogens with zero attached hydrogens (tertiary/aromatic N) is 2. The first kappa shape index (κ1) is 11.8. The summed E-state index contributed by atoms with van der Waals surface area (Å²) < 4.78 is 24.3. The molecule has 15 heavy (non-hydrogen) atoms. The van der Waals surface area contributed by atoms with Crippen molar-refractivity contribution in [2.75, 3.05) is 0 Å². The summed E-state index contributed by atoms with van der Waals surface area (Å²) >= 11 is 5.49. The van der Waals surface area contributed by atoms with Crippen molar-refractivity contribution in [3.05, 3.63) is 22.7 Å². The number of carboxylic acid groups (broad SMARTS) is 1. The van der Waals surface area contributed by atoms with Gasteiger partial charge in [0.25, 0.3) is 11.0 Å². The highest BCUT2D eigenvalue weighted by Gasteiger charge is 2.12. The first-order valence-electron chi connectivity index (χ1n) is 3.52. The van der Waals surface area contributed by atoms with Gasteiger partial charge >= 0.3 is 5.97 Å². The predicted octanol–water partition coefficient (Wildman–Crippen LogP) is -0.129. The van der Waals surface area contributed by atoms with E-state index in [-0.39, 0.29) is 10.8 Å². The van der Waals surface area contributed by atoms with Crippen LogP contribution in [0.3, 0.4) is 0 Å². The second-order valence-electron chi connectivity index (χ2n) is 2.28. The number of aromatic carboxylic acids is 1. The van der Waals surface area contributed by atoms with Crippen LogP contribution in [0.25, 0.3) is 0 Å². The van der Waals surface area contributed by atoms with E-state index in [2.05, 4.69) is 14.2 Å². The van der Waals surface area contributed by atoms with Gasteiger partial charge in [-0.05, 0) is 0 Å². The number of aromatic nitrogens is 2. The number of hydrogen-bond donors (Lipinski definition) is 2. The molecule has 0 unspecified atom stereocenters. The van der Waals surface area contributed by atoms with Gasteiger partial charge in [-0.2, -0.15) is 0 Å². The van der Waals surface area contributed by atoms with Crippen LogP contribution >= 0.6 is 11.6 Å². The molecule has 0 amide bonds. The molecule has 0 bridgehead atoms. The molecule has 0 aliphatic carbocycles. The molecule has 7 nitrogen and oxygen atoms in total. The lowest BCUT2D eigenvalue weighted by Gasteiger charge is -2.00. The van der Waals surface area contributed by atoms with Gasteiger partial charge in [-0.15, -0.1) is 0 Å². The first-order chi connectivity index (χ1) is 7.00. The molecule has 1 heterocycles. The number of carbonyl (C=O) groups is 1. The SMILES string of the molecule is O=C(O)c1nc(CO[SH](=O)=O)ncc1Cl. The topological polar surface area (TPSA) is 106 Å². The highest BCUT2D eigenvalue weighted by molar-refractivity contribution is 7.67. The summed E-state index contributed by atoms with van der Waals surface area (Å²) in [5, 5.41) is 8.51. The van der Waals surface area contributed by atoms with Gasteiger partial charge in [-0.25, -0.2) is 23.2 Å². The van der Waals surface area contributed by atoms with Gasteiger partial charge in [0.2, 0.25) is 0 Å². The Bertz CT molecular complexity index is 453. The van der Waals surface area contributed by atoms with E-state index in [1.807, 2.05) is 0 Å². The molecule has 0 radical (unpaired) electrons. The lowest BCUT2D eigenvalue weighted by Crippen LogP contribution is -2.07. The minimum Gasteiger partial charge on any atom is -0.476 e. The molecule has 1 aromatic heterocycles. The Hall–Kier alpha value is -1.25. The van der Waals surface area contributed by atoms with Gasteiger partial charge < -0.3 is 5.11 Å². The minimum absolute atomic E-state index is 0.0731. The Balaban J connectivity index is 2.92. The van der Waals surface area contributed by atoms with E-state index in [0.717, 1.165) is 6.20 Å². The molecule has 9 heteroatoms. The van der Waals surface area contributed by atoms with Gasteiger partial charge in [0.15, 0.2) is 11.5 Å². The van der Waals surface area contributed by atoms with Crippen LogP contribution in [0.4, 0.5) is 0 Å². The summed E-state index contributed by atoms with van der Waals surface area (Å²) in [6, 6.07) is 0. The Morgan fingerprint density at radius 3 is 2.80 bits per heavy atom. The van der Waals surface area contributed by atoms with Crippen LogP contribution in [0.1, 0.15) is 16.3 Å². The zero-order valence-corrected chi connectivity index (χ0v) is 8.73. The van der Waals surface area contributed by atoms with Crippen LogP contribution in [0.5, 0.6) is 0 Å². The van der Waals surface area contributed by atoms with E-state index in [9.17, 15) is 13.2 Å². The van der Waals surface area contributed by atoms with Crippen LogP contribution in [0.15, 0.2) is 6.20 Å². The standard InChI is InChI=1S/C6H5ClN2O5S/c7-3-1-8-4(2-14-15(12)13)9-5(3)6(10)11/h1,15H,2H2,(H,10,11). The smallest absolute Gasteiger partial charge is 0.356 e. The number of hydrogen-bond acceptors (Lipinski definition) is 6. The normalized spacial score (nSPS) is 10.5. The maximum absolute atomic E-state index is 10.6. The summed E-state index contributed by atoms with van der Waals surface area (Å²) in [4.78, 5) is 17.7. The maximum atomic E-state index is 10.6. The fourth-order valence-corrected chi connectivity index (χ4v) is 1.13. The molecule has 1 aromatic rings. The molecule has 0 spiro atoms. The highest BCUT2D eigenvalue weighted by atomic mass is 35.5. The summed E-state index contributed by atoms with van der Waals surface area (Å²) in [5.41, 5.74) is -0.397. The quantitative estimate of drug-likeness (QED) is 0.719. The van der Waals surface area contributed by atoms with Crippen LogP contribution in [0.2, 0.25) is 5.02 Å². The third-order valence-corrected chi connectivity index (χ3v) is 1.91. The maximum Gasteiger partial charge on any atom is 0.356 e. The van der Waals surface area contributed by atoms with Crippen molar-refractivity contribution in [3.8, 4) is 0 Å². The van der Waals surface area contributed by atoms with E-state index >= 15 is 0 Å². The predicted molar refractivity (Wildman–Crippen MR) is 49.1 cm³/mol. The van der Waals surface area contributed by atoms with E-state index in [1.165, 1.54) is 0 Å². The van der Waals surface area contributed by atoms with E-state index < -0.39 is 29.3 Å². The molecule has 0 aromatic carbocycles. The van der Waals surface area contributed by atoms with E-state index in [0.29, 0.717) is 0 Å². The molecule has 0 saturated heterocycles. The highest BCUT2D eigenvalue weighted by Crippen LogP contribution is 2.12.